The molecule has 0 amide bonds. The average Bonchev–Trinajstić information content (AvgIpc) is 2.07. The molecule has 1 rings (SSSR count). The predicted molar refractivity (Wildman–Crippen MR) is 55.9 cm³/mol. The lowest BCUT2D eigenvalue weighted by molar-refractivity contribution is -0.274. The second kappa shape index (κ2) is 4.39. The molecular weight excluding hydrogens is 326 g/mol. The smallest absolute Gasteiger partial charge is 0.402 e. The van der Waals surface area contributed by atoms with Gasteiger partial charge in [0.05, 0.1) is 11.4 Å². The molecule has 0 aromatic carbocycles. The van der Waals surface area contributed by atoms with E-state index < -0.39 is 12.1 Å². The van der Waals surface area contributed by atoms with Gasteiger partial charge in [-0.2, -0.15) is 0 Å². The van der Waals surface area contributed by atoms with Crippen molar-refractivity contribution >= 4 is 28.3 Å². The lowest BCUT2D eigenvalue weighted by Gasteiger charge is -2.14. The van der Waals surface area contributed by atoms with Gasteiger partial charge in [-0.15, -0.1) is 13.2 Å². The Hall–Kier alpha value is -0.770. The molecule has 0 aliphatic rings. The van der Waals surface area contributed by atoms with Gasteiger partial charge in [-0.05, 0) is 28.7 Å². The number of halogens is 4. The summed E-state index contributed by atoms with van der Waals surface area (Å²) in [6, 6.07) is 1.28. The lowest BCUT2D eigenvalue weighted by atomic mass is 10.3. The molecule has 0 fully saturated rings. The highest BCUT2D eigenvalue weighted by Gasteiger charge is 2.33. The molecule has 0 unspecified atom stereocenters. The number of anilines is 1. The molecule has 1 aromatic heterocycles. The highest BCUT2D eigenvalue weighted by molar-refractivity contribution is 14.1. The summed E-state index contributed by atoms with van der Waals surface area (Å²) in [5, 5.41) is 0. The van der Waals surface area contributed by atoms with E-state index in [9.17, 15) is 13.2 Å². The number of ether oxygens (including phenoxy) is 1. The van der Waals surface area contributed by atoms with Crippen LogP contribution in [0.3, 0.4) is 0 Å². The quantitative estimate of drug-likeness (QED) is 0.637. The Labute approximate surface area is 96.9 Å². The molecule has 1 heterocycles. The average molecular weight is 333 g/mol. The Bertz CT molecular complexity index is 369. The van der Waals surface area contributed by atoms with Gasteiger partial charge in [-0.25, -0.2) is 4.98 Å². The summed E-state index contributed by atoms with van der Waals surface area (Å²) in [6.45, 7) is -0.174. The van der Waals surface area contributed by atoms with Crippen molar-refractivity contribution in [2.24, 2.45) is 5.73 Å². The molecule has 0 aliphatic heterocycles. The first kappa shape index (κ1) is 12.3. The van der Waals surface area contributed by atoms with Gasteiger partial charge < -0.3 is 16.2 Å². The molecule has 15 heavy (non-hydrogen) atoms. The number of nitrogens with zero attached hydrogens (tertiary/aromatic N) is 1. The Morgan fingerprint density at radius 1 is 1.47 bits per heavy atom. The SMILES string of the molecule is NCc1nc(I)cc(N)c1OC(F)(F)F. The molecule has 1 aromatic rings. The standard InChI is InChI=1S/C7H7F3IN3O/c8-7(9,10)15-6-3(13)1-5(11)14-4(6)2-12/h1H,2,12H2,(H2,13,14). The van der Waals surface area contributed by atoms with Crippen LogP contribution in [0, 0.1) is 3.70 Å². The Kier molecular flexibility index (Phi) is 3.60. The second-order valence-electron chi connectivity index (χ2n) is 2.56. The van der Waals surface area contributed by atoms with E-state index in [1.807, 2.05) is 22.6 Å². The highest BCUT2D eigenvalue weighted by atomic mass is 127. The summed E-state index contributed by atoms with van der Waals surface area (Å²) in [5.74, 6) is -0.523. The van der Waals surface area contributed by atoms with Crippen LogP contribution in [-0.4, -0.2) is 11.3 Å². The van der Waals surface area contributed by atoms with Crippen LogP contribution in [0.1, 0.15) is 5.69 Å². The van der Waals surface area contributed by atoms with Crippen LogP contribution in [0.25, 0.3) is 0 Å². The van der Waals surface area contributed by atoms with Crippen LogP contribution in [-0.2, 0) is 6.54 Å². The van der Waals surface area contributed by atoms with E-state index in [0.717, 1.165) is 0 Å². The zero-order valence-electron chi connectivity index (χ0n) is 7.31. The molecule has 0 saturated carbocycles. The highest BCUT2D eigenvalue weighted by Crippen LogP contribution is 2.31. The monoisotopic (exact) mass is 333 g/mol. The van der Waals surface area contributed by atoms with Gasteiger partial charge in [-0.1, -0.05) is 0 Å². The maximum absolute atomic E-state index is 12.0. The van der Waals surface area contributed by atoms with Crippen molar-refractivity contribution in [1.82, 2.24) is 4.98 Å². The first-order valence-corrected chi connectivity index (χ1v) is 4.82. The molecule has 4 N–H and O–H groups in total. The second-order valence-corrected chi connectivity index (χ2v) is 3.67. The van der Waals surface area contributed by atoms with E-state index in [4.69, 9.17) is 11.5 Å². The third-order valence-electron chi connectivity index (χ3n) is 1.45. The zero-order chi connectivity index (χ0) is 11.6. The predicted octanol–water partition coefficient (Wildman–Crippen LogP) is 1.63. The normalized spacial score (nSPS) is 11.5. The fourth-order valence-corrected chi connectivity index (χ4v) is 1.57. The summed E-state index contributed by atoms with van der Waals surface area (Å²) in [6.07, 6.45) is -4.80. The van der Waals surface area contributed by atoms with E-state index in [0.29, 0.717) is 3.70 Å². The molecule has 84 valence electrons. The Balaban J connectivity index is 3.15. The molecule has 0 spiro atoms. The minimum absolute atomic E-state index is 0.0169. The van der Waals surface area contributed by atoms with Gasteiger partial charge in [0.1, 0.15) is 3.70 Å². The number of rotatable bonds is 2. The Morgan fingerprint density at radius 3 is 2.53 bits per heavy atom. The zero-order valence-corrected chi connectivity index (χ0v) is 9.46. The maximum Gasteiger partial charge on any atom is 0.573 e. The number of pyridine rings is 1. The number of hydrogen-bond acceptors (Lipinski definition) is 4. The molecule has 8 heteroatoms. The number of nitrogens with two attached hydrogens (primary N) is 2. The third-order valence-corrected chi connectivity index (χ3v) is 2.00. The molecule has 0 bridgehead atoms. The van der Waals surface area contributed by atoms with E-state index >= 15 is 0 Å². The van der Waals surface area contributed by atoms with Crippen molar-refractivity contribution in [3.63, 3.8) is 0 Å². The van der Waals surface area contributed by atoms with E-state index in [-0.39, 0.29) is 17.9 Å². The number of nitrogen functional groups attached to an aromatic ring is 1. The van der Waals surface area contributed by atoms with Gasteiger partial charge in [0, 0.05) is 6.54 Å². The summed E-state index contributed by atoms with van der Waals surface area (Å²) >= 11 is 1.82. The van der Waals surface area contributed by atoms with Gasteiger partial charge >= 0.3 is 6.36 Å². The van der Waals surface area contributed by atoms with Crippen molar-refractivity contribution in [2.75, 3.05) is 5.73 Å². The van der Waals surface area contributed by atoms with Crippen LogP contribution < -0.4 is 16.2 Å². The van der Waals surface area contributed by atoms with Gasteiger partial charge in [0.25, 0.3) is 0 Å². The summed E-state index contributed by atoms with van der Waals surface area (Å²) < 4.78 is 40.2. The van der Waals surface area contributed by atoms with Crippen molar-refractivity contribution in [1.29, 1.82) is 0 Å². The van der Waals surface area contributed by atoms with Gasteiger partial charge in [0.15, 0.2) is 5.75 Å². The van der Waals surface area contributed by atoms with Crippen molar-refractivity contribution in [3.8, 4) is 5.75 Å². The topological polar surface area (TPSA) is 74.2 Å². The van der Waals surface area contributed by atoms with Crippen molar-refractivity contribution in [3.05, 3.63) is 15.5 Å². The number of aromatic nitrogens is 1. The van der Waals surface area contributed by atoms with Crippen LogP contribution in [0.5, 0.6) is 5.75 Å². The molecular formula is C7H7F3IN3O. The molecule has 0 aliphatic carbocycles. The van der Waals surface area contributed by atoms with Crippen LogP contribution in [0.15, 0.2) is 6.07 Å². The first-order valence-electron chi connectivity index (χ1n) is 3.74. The van der Waals surface area contributed by atoms with Crippen LogP contribution >= 0.6 is 22.6 Å². The summed E-state index contributed by atoms with van der Waals surface area (Å²) in [5.41, 5.74) is 10.5. The van der Waals surface area contributed by atoms with Crippen molar-refractivity contribution < 1.29 is 17.9 Å². The first-order chi connectivity index (χ1) is 6.83. The number of hydrogen-bond donors (Lipinski definition) is 2. The fourth-order valence-electron chi connectivity index (χ4n) is 0.944. The molecule has 4 nitrogen and oxygen atoms in total. The molecule has 0 saturated heterocycles. The minimum Gasteiger partial charge on any atom is -0.402 e. The van der Waals surface area contributed by atoms with Gasteiger partial charge in [-0.3, -0.25) is 0 Å². The Morgan fingerprint density at radius 2 is 2.07 bits per heavy atom. The van der Waals surface area contributed by atoms with E-state index in [1.54, 1.807) is 0 Å². The molecule has 0 radical (unpaired) electrons. The fraction of sp³-hybridized carbons (Fsp3) is 0.286. The summed E-state index contributed by atoms with van der Waals surface area (Å²) in [4.78, 5) is 3.79. The molecule has 0 atom stereocenters. The van der Waals surface area contributed by atoms with Gasteiger partial charge in [0.2, 0.25) is 0 Å². The largest absolute Gasteiger partial charge is 0.573 e. The third kappa shape index (κ3) is 3.38. The van der Waals surface area contributed by atoms with E-state index in [2.05, 4.69) is 9.72 Å². The lowest BCUT2D eigenvalue weighted by Crippen LogP contribution is -2.20. The van der Waals surface area contributed by atoms with Crippen LogP contribution in [0.2, 0.25) is 0 Å². The minimum atomic E-state index is -4.80. The van der Waals surface area contributed by atoms with Crippen molar-refractivity contribution in [2.45, 2.75) is 12.9 Å². The maximum atomic E-state index is 12.0. The number of alkyl halides is 3. The van der Waals surface area contributed by atoms with E-state index in [1.165, 1.54) is 6.07 Å². The summed E-state index contributed by atoms with van der Waals surface area (Å²) in [7, 11) is 0. The van der Waals surface area contributed by atoms with Crippen LogP contribution in [0.4, 0.5) is 18.9 Å².